The van der Waals surface area contributed by atoms with E-state index in [2.05, 4.69) is 30.8 Å². The minimum Gasteiger partial charge on any atom is -0.320 e. The molecule has 0 fully saturated rings. The topological polar surface area (TPSA) is 58.2 Å². The number of benzene rings is 1. The fraction of sp³-hybridized carbons (Fsp3) is 0.571. The Labute approximate surface area is 116 Å². The first kappa shape index (κ1) is 16.0. The smallest absolute Gasteiger partial charge is 0.232 e. The van der Waals surface area contributed by atoms with Crippen molar-refractivity contribution >= 4 is 15.7 Å². The number of sulfonamides is 1. The first-order valence-electron chi connectivity index (χ1n) is 6.50. The predicted molar refractivity (Wildman–Crippen MR) is 81.1 cm³/mol. The van der Waals surface area contributed by atoms with Gasteiger partial charge in [-0.15, -0.1) is 0 Å². The number of anilines is 1. The van der Waals surface area contributed by atoms with E-state index in [1.165, 1.54) is 5.56 Å². The number of nitrogens with one attached hydrogen (secondary N) is 2. The molecule has 108 valence electrons. The molecule has 0 unspecified atom stereocenters. The largest absolute Gasteiger partial charge is 0.320 e. The van der Waals surface area contributed by atoms with Crippen LogP contribution >= 0.6 is 0 Å². The molecule has 0 bridgehead atoms. The zero-order valence-electron chi connectivity index (χ0n) is 12.2. The van der Waals surface area contributed by atoms with E-state index in [4.69, 9.17) is 0 Å². The van der Waals surface area contributed by atoms with E-state index in [0.717, 1.165) is 0 Å². The van der Waals surface area contributed by atoms with Crippen molar-refractivity contribution in [1.29, 1.82) is 0 Å². The van der Waals surface area contributed by atoms with Gasteiger partial charge in [0.25, 0.3) is 0 Å². The van der Waals surface area contributed by atoms with Crippen molar-refractivity contribution < 1.29 is 8.42 Å². The van der Waals surface area contributed by atoms with Crippen LogP contribution < -0.4 is 10.0 Å². The summed E-state index contributed by atoms with van der Waals surface area (Å²) in [5.41, 5.74) is 1.88. The van der Waals surface area contributed by atoms with Gasteiger partial charge in [0, 0.05) is 5.69 Å². The number of rotatable bonds is 6. The van der Waals surface area contributed by atoms with E-state index in [-0.39, 0.29) is 11.2 Å². The van der Waals surface area contributed by atoms with Gasteiger partial charge in [-0.1, -0.05) is 32.9 Å². The molecule has 5 heteroatoms. The van der Waals surface area contributed by atoms with Crippen LogP contribution in [0.3, 0.4) is 0 Å². The molecule has 0 heterocycles. The fourth-order valence-electron chi connectivity index (χ4n) is 1.71. The lowest BCUT2D eigenvalue weighted by atomic mass is 9.87. The Hall–Kier alpha value is -1.07. The highest BCUT2D eigenvalue weighted by atomic mass is 32.2. The van der Waals surface area contributed by atoms with Crippen LogP contribution in [-0.4, -0.2) is 27.8 Å². The molecule has 0 saturated heterocycles. The second-order valence-corrected chi connectivity index (χ2v) is 7.55. The van der Waals surface area contributed by atoms with Crippen molar-refractivity contribution in [3.8, 4) is 0 Å². The molecule has 0 aliphatic rings. The van der Waals surface area contributed by atoms with E-state index < -0.39 is 10.0 Å². The Morgan fingerprint density at radius 2 is 1.68 bits per heavy atom. The molecule has 0 aromatic heterocycles. The zero-order chi connectivity index (χ0) is 14.5. The summed E-state index contributed by atoms with van der Waals surface area (Å²) < 4.78 is 26.2. The Bertz CT molecular complexity index is 487. The Balaban J connectivity index is 2.67. The van der Waals surface area contributed by atoms with Crippen molar-refractivity contribution in [2.75, 3.05) is 24.1 Å². The van der Waals surface area contributed by atoms with Crippen molar-refractivity contribution in [2.45, 2.75) is 32.6 Å². The highest BCUT2D eigenvalue weighted by Crippen LogP contribution is 2.23. The maximum absolute atomic E-state index is 11.8. The van der Waals surface area contributed by atoms with Crippen molar-refractivity contribution in [3.63, 3.8) is 0 Å². The highest BCUT2D eigenvalue weighted by Gasteiger charge is 2.14. The minimum atomic E-state index is -3.25. The van der Waals surface area contributed by atoms with Crippen LogP contribution in [0.15, 0.2) is 24.3 Å². The highest BCUT2D eigenvalue weighted by molar-refractivity contribution is 7.92. The molecular weight excluding hydrogens is 260 g/mol. The van der Waals surface area contributed by atoms with E-state index in [1.54, 1.807) is 0 Å². The Morgan fingerprint density at radius 1 is 1.11 bits per heavy atom. The molecule has 0 amide bonds. The molecule has 0 atom stereocenters. The molecule has 2 N–H and O–H groups in total. The van der Waals surface area contributed by atoms with Crippen LogP contribution in [0.5, 0.6) is 0 Å². The van der Waals surface area contributed by atoms with Gasteiger partial charge in [0.15, 0.2) is 0 Å². The Morgan fingerprint density at radius 3 is 2.16 bits per heavy atom. The second-order valence-electron chi connectivity index (χ2n) is 5.71. The van der Waals surface area contributed by atoms with Crippen LogP contribution in [0.25, 0.3) is 0 Å². The second kappa shape index (κ2) is 6.39. The Kier molecular flexibility index (Phi) is 5.38. The van der Waals surface area contributed by atoms with Crippen molar-refractivity contribution in [2.24, 2.45) is 0 Å². The summed E-state index contributed by atoms with van der Waals surface area (Å²) in [4.78, 5) is 0. The lowest BCUT2D eigenvalue weighted by Crippen LogP contribution is -2.20. The first-order valence-corrected chi connectivity index (χ1v) is 8.15. The monoisotopic (exact) mass is 284 g/mol. The van der Waals surface area contributed by atoms with Gasteiger partial charge in [-0.25, -0.2) is 8.42 Å². The molecule has 0 radical (unpaired) electrons. The summed E-state index contributed by atoms with van der Waals surface area (Å²) in [5, 5.41) is 2.94. The first-order chi connectivity index (χ1) is 8.74. The summed E-state index contributed by atoms with van der Waals surface area (Å²) in [5.74, 6) is 0.134. The molecular formula is C14H24N2O2S. The molecule has 0 aliphatic heterocycles. The molecule has 0 saturated carbocycles. The van der Waals surface area contributed by atoms with Gasteiger partial charge < -0.3 is 5.32 Å². The van der Waals surface area contributed by atoms with Gasteiger partial charge in [-0.05, 0) is 43.1 Å². The molecule has 1 aromatic rings. The third-order valence-corrected chi connectivity index (χ3v) is 4.24. The van der Waals surface area contributed by atoms with E-state index in [9.17, 15) is 8.42 Å². The number of hydrogen-bond donors (Lipinski definition) is 2. The molecule has 0 spiro atoms. The summed E-state index contributed by atoms with van der Waals surface area (Å²) >= 11 is 0. The quantitative estimate of drug-likeness (QED) is 0.788. The molecule has 4 nitrogen and oxygen atoms in total. The summed E-state index contributed by atoms with van der Waals surface area (Å²) in [6, 6.07) is 7.56. The van der Waals surface area contributed by atoms with Gasteiger partial charge >= 0.3 is 0 Å². The zero-order valence-corrected chi connectivity index (χ0v) is 13.0. The van der Waals surface area contributed by atoms with Gasteiger partial charge in [0.1, 0.15) is 0 Å². The third kappa shape index (κ3) is 5.61. The molecule has 1 aromatic carbocycles. The van der Waals surface area contributed by atoms with E-state index in [0.29, 0.717) is 18.7 Å². The average Bonchev–Trinajstić information content (AvgIpc) is 2.28. The van der Waals surface area contributed by atoms with Crippen molar-refractivity contribution in [3.05, 3.63) is 29.8 Å². The maximum Gasteiger partial charge on any atom is 0.232 e. The van der Waals surface area contributed by atoms with Crippen LogP contribution in [-0.2, 0) is 15.4 Å². The summed E-state index contributed by atoms with van der Waals surface area (Å²) in [6.45, 7) is 7.08. The lowest BCUT2D eigenvalue weighted by molar-refractivity contribution is 0.590. The third-order valence-electron chi connectivity index (χ3n) is 2.86. The molecule has 1 rings (SSSR count). The molecule has 19 heavy (non-hydrogen) atoms. The van der Waals surface area contributed by atoms with E-state index in [1.807, 2.05) is 31.3 Å². The summed E-state index contributed by atoms with van der Waals surface area (Å²) in [6.07, 6.45) is 0.603. The fourth-order valence-corrected chi connectivity index (χ4v) is 2.83. The van der Waals surface area contributed by atoms with Crippen LogP contribution in [0.1, 0.15) is 32.8 Å². The van der Waals surface area contributed by atoms with Gasteiger partial charge in [-0.2, -0.15) is 0 Å². The van der Waals surface area contributed by atoms with Crippen LogP contribution in [0, 0.1) is 0 Å². The SMILES string of the molecule is CNCCCS(=O)(=O)Nc1ccc(C(C)(C)C)cc1. The maximum atomic E-state index is 11.8. The van der Waals surface area contributed by atoms with Crippen molar-refractivity contribution in [1.82, 2.24) is 5.32 Å². The average molecular weight is 284 g/mol. The van der Waals surface area contributed by atoms with Gasteiger partial charge in [0.2, 0.25) is 10.0 Å². The van der Waals surface area contributed by atoms with Gasteiger partial charge in [-0.3, -0.25) is 4.72 Å². The van der Waals surface area contributed by atoms with E-state index >= 15 is 0 Å². The number of hydrogen-bond acceptors (Lipinski definition) is 3. The molecule has 0 aliphatic carbocycles. The minimum absolute atomic E-state index is 0.0736. The summed E-state index contributed by atoms with van der Waals surface area (Å²) in [7, 11) is -1.43. The van der Waals surface area contributed by atoms with Crippen LogP contribution in [0.4, 0.5) is 5.69 Å². The predicted octanol–water partition coefficient (Wildman–Crippen LogP) is 2.34. The van der Waals surface area contributed by atoms with Gasteiger partial charge in [0.05, 0.1) is 5.75 Å². The lowest BCUT2D eigenvalue weighted by Gasteiger charge is -2.19. The standard InChI is InChI=1S/C14H24N2O2S/c1-14(2,3)12-6-8-13(9-7-12)16-19(17,18)11-5-10-15-4/h6-9,15-16H,5,10-11H2,1-4H3. The van der Waals surface area contributed by atoms with Crippen LogP contribution in [0.2, 0.25) is 0 Å². The normalized spacial score (nSPS) is 12.4.